The van der Waals surface area contributed by atoms with Gasteiger partial charge in [-0.05, 0) is 56.4 Å². The van der Waals surface area contributed by atoms with E-state index in [4.69, 9.17) is 9.47 Å². The second kappa shape index (κ2) is 8.66. The van der Waals surface area contributed by atoms with Crippen LogP contribution in [0, 0.1) is 0 Å². The van der Waals surface area contributed by atoms with Gasteiger partial charge in [-0.15, -0.1) is 11.3 Å². The third kappa shape index (κ3) is 3.92. The Morgan fingerprint density at radius 2 is 2.00 bits per heavy atom. The lowest BCUT2D eigenvalue weighted by Crippen LogP contribution is -2.46. The number of ether oxygens (including phenoxy) is 2. The van der Waals surface area contributed by atoms with E-state index in [1.165, 1.54) is 23.3 Å². The Kier molecular flexibility index (Phi) is 5.79. The van der Waals surface area contributed by atoms with Gasteiger partial charge in [-0.25, -0.2) is 9.97 Å². The molecule has 1 aliphatic heterocycles. The average Bonchev–Trinajstić information content (AvgIpc) is 3.33. The molecule has 1 saturated carbocycles. The van der Waals surface area contributed by atoms with Crippen LogP contribution in [-0.4, -0.2) is 59.6 Å². The lowest BCUT2D eigenvalue weighted by Gasteiger charge is -2.38. The first kappa shape index (κ1) is 19.4. The van der Waals surface area contributed by atoms with Crippen molar-refractivity contribution in [2.45, 2.75) is 69.4 Å². The first-order valence-corrected chi connectivity index (χ1v) is 11.8. The maximum Gasteiger partial charge on any atom is 0.225 e. The van der Waals surface area contributed by atoms with Crippen LogP contribution in [0.2, 0.25) is 0 Å². The maximum absolute atomic E-state index is 10.9. The minimum atomic E-state index is 0.232. The summed E-state index contributed by atoms with van der Waals surface area (Å²) in [6.07, 6.45) is 11.2. The summed E-state index contributed by atoms with van der Waals surface area (Å²) in [6, 6.07) is 0.669. The molecule has 0 spiro atoms. The molecule has 1 atom stereocenters. The molecule has 7 heteroatoms. The van der Waals surface area contributed by atoms with Gasteiger partial charge in [-0.3, -0.25) is 4.90 Å². The van der Waals surface area contributed by atoms with Crippen LogP contribution in [-0.2, 0) is 16.0 Å². The van der Waals surface area contributed by atoms with Crippen LogP contribution in [0.1, 0.15) is 61.3 Å². The molecule has 2 aromatic rings. The number of carbonyl (C=O) groups is 1. The van der Waals surface area contributed by atoms with Crippen molar-refractivity contribution in [1.82, 2.24) is 14.9 Å². The van der Waals surface area contributed by atoms with E-state index in [1.807, 2.05) is 0 Å². The highest BCUT2D eigenvalue weighted by Crippen LogP contribution is 2.47. The van der Waals surface area contributed by atoms with Crippen molar-refractivity contribution in [2.24, 2.45) is 0 Å². The molecule has 2 fully saturated rings. The van der Waals surface area contributed by atoms with E-state index in [9.17, 15) is 4.79 Å². The molecule has 0 amide bonds. The molecule has 29 heavy (non-hydrogen) atoms. The number of aromatic nitrogens is 2. The number of rotatable bonds is 6. The van der Waals surface area contributed by atoms with Crippen molar-refractivity contribution in [3.05, 3.63) is 16.8 Å². The number of fused-ring (bicyclic) bond motifs is 3. The number of hydrogen-bond acceptors (Lipinski definition) is 7. The van der Waals surface area contributed by atoms with Gasteiger partial charge in [0.1, 0.15) is 23.5 Å². The zero-order chi connectivity index (χ0) is 19.6. The largest absolute Gasteiger partial charge is 0.474 e. The Labute approximate surface area is 175 Å². The minimum Gasteiger partial charge on any atom is -0.474 e. The van der Waals surface area contributed by atoms with E-state index in [0.717, 1.165) is 80.8 Å². The van der Waals surface area contributed by atoms with Crippen LogP contribution in [0.3, 0.4) is 0 Å². The van der Waals surface area contributed by atoms with E-state index in [0.29, 0.717) is 18.4 Å². The van der Waals surface area contributed by atoms with Crippen molar-refractivity contribution >= 4 is 27.8 Å². The number of nitrogens with zero attached hydrogens (tertiary/aromatic N) is 3. The zero-order valence-corrected chi connectivity index (χ0v) is 17.7. The van der Waals surface area contributed by atoms with Gasteiger partial charge in [-0.1, -0.05) is 0 Å². The smallest absolute Gasteiger partial charge is 0.225 e. The van der Waals surface area contributed by atoms with Crippen molar-refractivity contribution in [3.63, 3.8) is 0 Å². The highest BCUT2D eigenvalue weighted by molar-refractivity contribution is 7.19. The van der Waals surface area contributed by atoms with Crippen LogP contribution in [0.5, 0.6) is 5.88 Å². The molecule has 0 bridgehead atoms. The normalized spacial score (nSPS) is 27.8. The predicted molar refractivity (Wildman–Crippen MR) is 113 cm³/mol. The van der Waals surface area contributed by atoms with Crippen LogP contribution in [0.25, 0.3) is 10.2 Å². The monoisotopic (exact) mass is 415 g/mol. The predicted octanol–water partition coefficient (Wildman–Crippen LogP) is 3.72. The van der Waals surface area contributed by atoms with Gasteiger partial charge in [0.15, 0.2) is 0 Å². The lowest BCUT2D eigenvalue weighted by molar-refractivity contribution is -0.108. The summed E-state index contributed by atoms with van der Waals surface area (Å²) >= 11 is 1.78. The van der Waals surface area contributed by atoms with Gasteiger partial charge >= 0.3 is 0 Å². The molecular formula is C22H29N3O3S. The fourth-order valence-corrected chi connectivity index (χ4v) is 6.55. The summed E-state index contributed by atoms with van der Waals surface area (Å²) in [5, 5.41) is 1.12. The molecule has 0 aromatic carbocycles. The second-order valence-electron chi connectivity index (χ2n) is 8.47. The van der Waals surface area contributed by atoms with Crippen molar-refractivity contribution in [1.29, 1.82) is 0 Å². The first-order valence-electron chi connectivity index (χ1n) is 11.0. The van der Waals surface area contributed by atoms with Crippen LogP contribution < -0.4 is 4.74 Å². The molecule has 2 aromatic heterocycles. The maximum atomic E-state index is 10.9. The highest BCUT2D eigenvalue weighted by atomic mass is 32.1. The molecule has 2 aliphatic carbocycles. The highest BCUT2D eigenvalue weighted by Gasteiger charge is 2.32. The van der Waals surface area contributed by atoms with Crippen LogP contribution in [0.4, 0.5) is 0 Å². The number of aldehydes is 1. The Morgan fingerprint density at radius 1 is 1.17 bits per heavy atom. The van der Waals surface area contributed by atoms with Gasteiger partial charge in [0.25, 0.3) is 0 Å². The molecule has 1 unspecified atom stereocenters. The molecular weight excluding hydrogens is 386 g/mol. The minimum absolute atomic E-state index is 0.232. The molecule has 5 rings (SSSR count). The Hall–Kier alpha value is -1.57. The fourth-order valence-electron chi connectivity index (χ4n) is 5.32. The summed E-state index contributed by atoms with van der Waals surface area (Å²) in [5.74, 6) is 1.20. The summed E-state index contributed by atoms with van der Waals surface area (Å²) in [5.41, 5.74) is 1.37. The standard InChI is InChI=1S/C22H29N3O3S/c26-11-1-2-15-3-8-18-19(15)20-21(23-14-24-22(20)29-18)28-17-6-4-16(5-7-17)25-9-12-27-13-10-25/h11,14-17H,1-10,12-13H2. The van der Waals surface area contributed by atoms with Crippen molar-refractivity contribution < 1.29 is 14.3 Å². The number of thiophene rings is 1. The van der Waals surface area contributed by atoms with E-state index in [1.54, 1.807) is 17.7 Å². The average molecular weight is 416 g/mol. The van der Waals surface area contributed by atoms with Crippen molar-refractivity contribution in [3.8, 4) is 5.88 Å². The van der Waals surface area contributed by atoms with Gasteiger partial charge in [-0.2, -0.15) is 0 Å². The van der Waals surface area contributed by atoms with Crippen LogP contribution >= 0.6 is 11.3 Å². The summed E-state index contributed by atoms with van der Waals surface area (Å²) in [4.78, 5) is 25.0. The lowest BCUT2D eigenvalue weighted by atomic mass is 9.91. The number of morpholine rings is 1. The van der Waals surface area contributed by atoms with Gasteiger partial charge in [0.05, 0.1) is 18.6 Å². The third-order valence-electron chi connectivity index (χ3n) is 6.81. The van der Waals surface area contributed by atoms with E-state index in [-0.39, 0.29) is 6.10 Å². The van der Waals surface area contributed by atoms with Crippen LogP contribution in [0.15, 0.2) is 6.33 Å². The first-order chi connectivity index (χ1) is 14.3. The fraction of sp³-hybridized carbons (Fsp3) is 0.682. The summed E-state index contributed by atoms with van der Waals surface area (Å²) < 4.78 is 12.0. The number of carbonyl (C=O) groups excluding carboxylic acids is 1. The van der Waals surface area contributed by atoms with E-state index < -0.39 is 0 Å². The number of aryl methyl sites for hydroxylation is 1. The summed E-state index contributed by atoms with van der Waals surface area (Å²) in [7, 11) is 0. The molecule has 0 N–H and O–H groups in total. The van der Waals surface area contributed by atoms with Gasteiger partial charge in [0.2, 0.25) is 5.88 Å². The quantitative estimate of drug-likeness (QED) is 0.670. The second-order valence-corrected chi connectivity index (χ2v) is 9.56. The number of hydrogen-bond donors (Lipinski definition) is 0. The molecule has 3 aliphatic rings. The third-order valence-corrected chi connectivity index (χ3v) is 7.99. The Balaban J connectivity index is 1.30. The molecule has 0 radical (unpaired) electrons. The topological polar surface area (TPSA) is 64.5 Å². The molecule has 1 saturated heterocycles. The molecule has 6 nitrogen and oxygen atoms in total. The van der Waals surface area contributed by atoms with E-state index >= 15 is 0 Å². The van der Waals surface area contributed by atoms with Crippen molar-refractivity contribution in [2.75, 3.05) is 26.3 Å². The Morgan fingerprint density at radius 3 is 2.79 bits per heavy atom. The van der Waals surface area contributed by atoms with Gasteiger partial charge in [0, 0.05) is 30.4 Å². The van der Waals surface area contributed by atoms with E-state index in [2.05, 4.69) is 14.9 Å². The summed E-state index contributed by atoms with van der Waals surface area (Å²) in [6.45, 7) is 3.85. The SMILES string of the molecule is O=CCCC1CCc2sc3ncnc(OC4CCC(N5CCOCC5)CC4)c3c21. The van der Waals surface area contributed by atoms with Gasteiger partial charge < -0.3 is 14.3 Å². The zero-order valence-electron chi connectivity index (χ0n) is 16.8. The molecule has 3 heterocycles. The molecule has 156 valence electrons. The Bertz CT molecular complexity index is 856.